The average Bonchev–Trinajstić information content (AvgIpc) is 1.96. The zero-order chi connectivity index (χ0) is 12.6. The second-order valence-corrected chi connectivity index (χ2v) is 6.01. The van der Waals surface area contributed by atoms with Gasteiger partial charge in [-0.25, -0.2) is 4.79 Å². The van der Waals surface area contributed by atoms with E-state index in [1.165, 1.54) is 0 Å². The summed E-state index contributed by atoms with van der Waals surface area (Å²) in [7, 11) is 0. The van der Waals surface area contributed by atoms with Gasteiger partial charge in [-0.1, -0.05) is 13.8 Å². The van der Waals surface area contributed by atoms with Crippen molar-refractivity contribution >= 4 is 6.09 Å². The molecule has 0 aromatic rings. The Morgan fingerprint density at radius 2 is 1.94 bits per heavy atom. The molecule has 0 bridgehead atoms. The largest absolute Gasteiger partial charge is 0.444 e. The predicted octanol–water partition coefficient (Wildman–Crippen LogP) is 2.06. The van der Waals surface area contributed by atoms with Crippen molar-refractivity contribution in [2.24, 2.45) is 5.92 Å². The van der Waals surface area contributed by atoms with E-state index in [0.29, 0.717) is 12.8 Å². The molecule has 0 heterocycles. The molecule has 0 atom stereocenters. The first kappa shape index (κ1) is 13.3. The van der Waals surface area contributed by atoms with Crippen LogP contribution in [0.2, 0.25) is 0 Å². The molecule has 4 heteroatoms. The molecule has 1 saturated carbocycles. The predicted molar refractivity (Wildman–Crippen MR) is 62.2 cm³/mol. The minimum Gasteiger partial charge on any atom is -0.444 e. The maximum absolute atomic E-state index is 11.4. The molecule has 0 aromatic carbocycles. The molecule has 1 aliphatic carbocycles. The van der Waals surface area contributed by atoms with Gasteiger partial charge in [-0.15, -0.1) is 0 Å². The Morgan fingerprint density at radius 3 is 2.31 bits per heavy atom. The molecule has 4 nitrogen and oxygen atoms in total. The molecule has 0 aliphatic heterocycles. The standard InChI is InChI=1S/C12H23NO3/c1-8(2)12(15)6-9(7-12)13-10(14)16-11(3,4)5/h8-9,15H,6-7H2,1-5H3,(H,13,14). The maximum atomic E-state index is 11.4. The van der Waals surface area contributed by atoms with Gasteiger partial charge in [0.15, 0.2) is 0 Å². The summed E-state index contributed by atoms with van der Waals surface area (Å²) in [5.74, 6) is 0.226. The summed E-state index contributed by atoms with van der Waals surface area (Å²) in [6.07, 6.45) is 0.830. The van der Waals surface area contributed by atoms with Crippen LogP contribution in [0.1, 0.15) is 47.5 Å². The summed E-state index contributed by atoms with van der Waals surface area (Å²) >= 11 is 0. The number of hydrogen-bond donors (Lipinski definition) is 2. The summed E-state index contributed by atoms with van der Waals surface area (Å²) in [5, 5.41) is 12.8. The Balaban J connectivity index is 2.30. The van der Waals surface area contributed by atoms with Crippen LogP contribution in [0.3, 0.4) is 0 Å². The Bertz CT molecular complexity index is 262. The summed E-state index contributed by atoms with van der Waals surface area (Å²) in [4.78, 5) is 11.4. The molecule has 1 fully saturated rings. The summed E-state index contributed by atoms with van der Waals surface area (Å²) in [6.45, 7) is 9.47. The molecule has 0 spiro atoms. The van der Waals surface area contributed by atoms with E-state index in [4.69, 9.17) is 4.74 Å². The molecule has 1 aliphatic rings. The number of aliphatic hydroxyl groups is 1. The van der Waals surface area contributed by atoms with Gasteiger partial charge in [0.05, 0.1) is 5.60 Å². The fraction of sp³-hybridized carbons (Fsp3) is 0.917. The summed E-state index contributed by atoms with van der Waals surface area (Å²) in [6, 6.07) is 0.0437. The number of amides is 1. The monoisotopic (exact) mass is 229 g/mol. The third kappa shape index (κ3) is 3.37. The average molecular weight is 229 g/mol. The molecule has 0 unspecified atom stereocenters. The lowest BCUT2D eigenvalue weighted by atomic mass is 9.69. The molecule has 94 valence electrons. The molecular formula is C12H23NO3. The third-order valence-electron chi connectivity index (χ3n) is 3.00. The van der Waals surface area contributed by atoms with Gasteiger partial charge in [-0.2, -0.15) is 0 Å². The van der Waals surface area contributed by atoms with E-state index in [1.807, 2.05) is 34.6 Å². The molecule has 16 heavy (non-hydrogen) atoms. The quantitative estimate of drug-likeness (QED) is 0.762. The van der Waals surface area contributed by atoms with Gasteiger partial charge in [0.1, 0.15) is 5.60 Å². The SMILES string of the molecule is CC(C)C1(O)CC(NC(=O)OC(C)(C)C)C1. The molecule has 1 rings (SSSR count). The summed E-state index contributed by atoms with van der Waals surface area (Å²) < 4.78 is 5.14. The Labute approximate surface area is 97.4 Å². The van der Waals surface area contributed by atoms with Crippen molar-refractivity contribution < 1.29 is 14.6 Å². The van der Waals surface area contributed by atoms with Crippen LogP contribution in [0.15, 0.2) is 0 Å². The normalized spacial score (nSPS) is 29.8. The van der Waals surface area contributed by atoms with Crippen molar-refractivity contribution in [3.05, 3.63) is 0 Å². The number of ether oxygens (including phenoxy) is 1. The number of nitrogens with one attached hydrogen (secondary N) is 1. The Hall–Kier alpha value is -0.770. The lowest BCUT2D eigenvalue weighted by Crippen LogP contribution is -2.58. The minimum atomic E-state index is -0.611. The fourth-order valence-electron chi connectivity index (χ4n) is 1.84. The van der Waals surface area contributed by atoms with Crippen LogP contribution in [0.25, 0.3) is 0 Å². The van der Waals surface area contributed by atoms with Crippen molar-refractivity contribution in [3.8, 4) is 0 Å². The van der Waals surface area contributed by atoms with Crippen molar-refractivity contribution in [1.29, 1.82) is 0 Å². The van der Waals surface area contributed by atoms with Crippen molar-refractivity contribution in [1.82, 2.24) is 5.32 Å². The zero-order valence-corrected chi connectivity index (χ0v) is 10.8. The maximum Gasteiger partial charge on any atom is 0.407 e. The number of carbonyl (C=O) groups excluding carboxylic acids is 1. The van der Waals surface area contributed by atoms with Gasteiger partial charge >= 0.3 is 6.09 Å². The molecule has 2 N–H and O–H groups in total. The molecule has 0 saturated heterocycles. The van der Waals surface area contributed by atoms with Crippen LogP contribution in [0.4, 0.5) is 4.79 Å². The van der Waals surface area contributed by atoms with Crippen LogP contribution in [-0.4, -0.2) is 28.4 Å². The minimum absolute atomic E-state index is 0.0437. The first-order valence-electron chi connectivity index (χ1n) is 5.84. The van der Waals surface area contributed by atoms with Gasteiger partial charge in [0.25, 0.3) is 0 Å². The fourth-order valence-corrected chi connectivity index (χ4v) is 1.84. The van der Waals surface area contributed by atoms with Crippen molar-refractivity contribution in [3.63, 3.8) is 0 Å². The van der Waals surface area contributed by atoms with Gasteiger partial charge in [0.2, 0.25) is 0 Å². The lowest BCUT2D eigenvalue weighted by Gasteiger charge is -2.46. The first-order chi connectivity index (χ1) is 7.12. The van der Waals surface area contributed by atoms with E-state index in [0.717, 1.165) is 0 Å². The smallest absolute Gasteiger partial charge is 0.407 e. The first-order valence-corrected chi connectivity index (χ1v) is 5.84. The van der Waals surface area contributed by atoms with E-state index < -0.39 is 17.3 Å². The summed E-state index contributed by atoms with van der Waals surface area (Å²) in [5.41, 5.74) is -1.08. The lowest BCUT2D eigenvalue weighted by molar-refractivity contribution is -0.0914. The molecule has 0 radical (unpaired) electrons. The van der Waals surface area contributed by atoms with E-state index in [-0.39, 0.29) is 12.0 Å². The van der Waals surface area contributed by atoms with Crippen LogP contribution in [0.5, 0.6) is 0 Å². The Kier molecular flexibility index (Phi) is 3.53. The van der Waals surface area contributed by atoms with Crippen molar-refractivity contribution in [2.45, 2.75) is 64.7 Å². The number of alkyl carbamates (subject to hydrolysis) is 1. The van der Waals surface area contributed by atoms with Crippen LogP contribution >= 0.6 is 0 Å². The number of hydrogen-bond acceptors (Lipinski definition) is 3. The second kappa shape index (κ2) is 4.24. The van der Waals surface area contributed by atoms with E-state index in [9.17, 15) is 9.90 Å². The van der Waals surface area contributed by atoms with E-state index >= 15 is 0 Å². The second-order valence-electron chi connectivity index (χ2n) is 6.01. The third-order valence-corrected chi connectivity index (χ3v) is 3.00. The van der Waals surface area contributed by atoms with E-state index in [2.05, 4.69) is 5.32 Å². The van der Waals surface area contributed by atoms with Gasteiger partial charge in [-0.05, 0) is 39.5 Å². The highest BCUT2D eigenvalue weighted by Gasteiger charge is 2.45. The van der Waals surface area contributed by atoms with Gasteiger partial charge in [0, 0.05) is 6.04 Å². The van der Waals surface area contributed by atoms with Crippen LogP contribution in [0, 0.1) is 5.92 Å². The number of carbonyl (C=O) groups is 1. The zero-order valence-electron chi connectivity index (χ0n) is 10.8. The Morgan fingerprint density at radius 1 is 1.44 bits per heavy atom. The van der Waals surface area contributed by atoms with Crippen LogP contribution < -0.4 is 5.32 Å². The van der Waals surface area contributed by atoms with E-state index in [1.54, 1.807) is 0 Å². The highest BCUT2D eigenvalue weighted by Crippen LogP contribution is 2.38. The molecule has 0 aromatic heterocycles. The van der Waals surface area contributed by atoms with Gasteiger partial charge in [-0.3, -0.25) is 0 Å². The van der Waals surface area contributed by atoms with Crippen LogP contribution in [-0.2, 0) is 4.74 Å². The molecule has 1 amide bonds. The highest BCUT2D eigenvalue weighted by molar-refractivity contribution is 5.68. The topological polar surface area (TPSA) is 58.6 Å². The molecular weight excluding hydrogens is 206 g/mol. The highest BCUT2D eigenvalue weighted by atomic mass is 16.6. The number of rotatable bonds is 2. The van der Waals surface area contributed by atoms with Crippen molar-refractivity contribution in [2.75, 3.05) is 0 Å². The van der Waals surface area contributed by atoms with Gasteiger partial charge < -0.3 is 15.2 Å².